The molecule has 8 nitrogen and oxygen atoms in total. The van der Waals surface area contributed by atoms with Gasteiger partial charge < -0.3 is 9.84 Å². The molecule has 0 aliphatic rings. The summed E-state index contributed by atoms with van der Waals surface area (Å²) in [5, 5.41) is 16.3. The Hall–Kier alpha value is -3.39. The minimum atomic E-state index is -0.385. The Balaban J connectivity index is 1.53. The van der Waals surface area contributed by atoms with Crippen LogP contribution in [0.4, 0.5) is 5.82 Å². The molecule has 1 aromatic carbocycles. The summed E-state index contributed by atoms with van der Waals surface area (Å²) in [6, 6.07) is 11.9. The lowest BCUT2D eigenvalue weighted by atomic mass is 10.2. The second-order valence-corrected chi connectivity index (χ2v) is 7.85. The van der Waals surface area contributed by atoms with Crippen LogP contribution in [0.1, 0.15) is 44.5 Å². The van der Waals surface area contributed by atoms with Crippen molar-refractivity contribution in [3.8, 4) is 0 Å². The summed E-state index contributed by atoms with van der Waals surface area (Å²) in [6.07, 6.45) is 0. The van der Waals surface area contributed by atoms with Gasteiger partial charge in [0.25, 0.3) is 5.91 Å². The molecular formula is C22H23ClN6O2. The van der Waals surface area contributed by atoms with Gasteiger partial charge in [0.05, 0.1) is 29.5 Å². The van der Waals surface area contributed by atoms with Gasteiger partial charge in [-0.2, -0.15) is 10.2 Å². The van der Waals surface area contributed by atoms with Gasteiger partial charge in [-0.1, -0.05) is 47.1 Å². The lowest BCUT2D eigenvalue weighted by Crippen LogP contribution is -2.17. The molecule has 0 aliphatic heterocycles. The van der Waals surface area contributed by atoms with Gasteiger partial charge in [0.2, 0.25) is 0 Å². The van der Waals surface area contributed by atoms with Gasteiger partial charge in [0.1, 0.15) is 5.76 Å². The number of rotatable bonds is 6. The number of amides is 1. The number of anilines is 1. The van der Waals surface area contributed by atoms with Gasteiger partial charge in [0.15, 0.2) is 11.5 Å². The molecule has 1 N–H and O–H groups in total. The Morgan fingerprint density at radius 2 is 1.81 bits per heavy atom. The first-order valence-electron chi connectivity index (χ1n) is 9.88. The fourth-order valence-electron chi connectivity index (χ4n) is 3.40. The van der Waals surface area contributed by atoms with Gasteiger partial charge >= 0.3 is 0 Å². The van der Waals surface area contributed by atoms with Crippen LogP contribution in [-0.2, 0) is 13.1 Å². The molecule has 3 heterocycles. The highest BCUT2D eigenvalue weighted by Crippen LogP contribution is 2.23. The molecule has 0 unspecified atom stereocenters. The van der Waals surface area contributed by atoms with Crippen LogP contribution in [0.2, 0.25) is 5.02 Å². The highest BCUT2D eigenvalue weighted by atomic mass is 35.5. The minimum Gasteiger partial charge on any atom is -0.361 e. The minimum absolute atomic E-state index is 0.205. The van der Waals surface area contributed by atoms with E-state index in [2.05, 4.69) is 20.7 Å². The van der Waals surface area contributed by atoms with E-state index in [1.54, 1.807) is 11.6 Å². The summed E-state index contributed by atoms with van der Waals surface area (Å²) in [5.41, 5.74) is 4.48. The van der Waals surface area contributed by atoms with Crippen molar-refractivity contribution in [2.45, 2.75) is 40.8 Å². The van der Waals surface area contributed by atoms with Crippen molar-refractivity contribution in [3.05, 3.63) is 81.1 Å². The first kappa shape index (κ1) is 20.9. The van der Waals surface area contributed by atoms with E-state index in [1.165, 1.54) is 0 Å². The average Bonchev–Trinajstić information content (AvgIpc) is 3.35. The normalized spacial score (nSPS) is 11.1. The van der Waals surface area contributed by atoms with E-state index in [1.807, 2.05) is 61.9 Å². The molecule has 0 radical (unpaired) electrons. The van der Waals surface area contributed by atoms with E-state index in [4.69, 9.17) is 16.1 Å². The molecule has 0 atom stereocenters. The lowest BCUT2D eigenvalue weighted by Gasteiger charge is -2.06. The van der Waals surface area contributed by atoms with Crippen LogP contribution in [0.5, 0.6) is 0 Å². The standard InChI is InChI=1S/C22H23ClN6O2/c1-13-10-19(26-28(13)11-17-8-6-5-7-9-17)24-22(30)21-18(16(4)31-27-21)12-29-15(3)20(23)14(2)25-29/h5-10H,11-12H2,1-4H3,(H,24,26,30). The topological polar surface area (TPSA) is 90.8 Å². The van der Waals surface area contributed by atoms with Crippen LogP contribution in [-0.4, -0.2) is 30.6 Å². The maximum atomic E-state index is 12.9. The van der Waals surface area contributed by atoms with E-state index in [0.29, 0.717) is 35.3 Å². The fraction of sp³-hybridized carbons (Fsp3) is 0.273. The quantitative estimate of drug-likeness (QED) is 0.484. The third-order valence-corrected chi connectivity index (χ3v) is 5.75. The molecule has 160 valence electrons. The molecule has 0 saturated heterocycles. The van der Waals surface area contributed by atoms with Gasteiger partial charge in [-0.25, -0.2) is 0 Å². The smallest absolute Gasteiger partial charge is 0.279 e. The zero-order chi connectivity index (χ0) is 22.1. The van der Waals surface area contributed by atoms with Crippen molar-refractivity contribution >= 4 is 23.3 Å². The van der Waals surface area contributed by atoms with Crippen LogP contribution in [0.25, 0.3) is 0 Å². The summed E-state index contributed by atoms with van der Waals surface area (Å²) in [7, 11) is 0. The Labute approximate surface area is 184 Å². The third kappa shape index (κ3) is 4.25. The molecule has 31 heavy (non-hydrogen) atoms. The molecule has 0 aliphatic carbocycles. The molecule has 4 aromatic rings. The number of hydrogen-bond acceptors (Lipinski definition) is 5. The predicted molar refractivity (Wildman–Crippen MR) is 118 cm³/mol. The van der Waals surface area contributed by atoms with Gasteiger partial charge in [0, 0.05) is 17.3 Å². The molecule has 3 aromatic heterocycles. The fourth-order valence-corrected chi connectivity index (χ4v) is 3.53. The van der Waals surface area contributed by atoms with Gasteiger partial charge in [-0.15, -0.1) is 0 Å². The number of nitrogens with zero attached hydrogens (tertiary/aromatic N) is 5. The maximum Gasteiger partial charge on any atom is 0.279 e. The number of carbonyl (C=O) groups is 1. The molecule has 4 rings (SSSR count). The summed E-state index contributed by atoms with van der Waals surface area (Å²) < 4.78 is 8.89. The number of halogens is 1. The second-order valence-electron chi connectivity index (χ2n) is 7.48. The molecule has 1 amide bonds. The van der Waals surface area contributed by atoms with Crippen molar-refractivity contribution in [2.24, 2.45) is 0 Å². The number of aromatic nitrogens is 5. The van der Waals surface area contributed by atoms with Crippen molar-refractivity contribution in [3.63, 3.8) is 0 Å². The zero-order valence-corrected chi connectivity index (χ0v) is 18.6. The molecule has 0 fully saturated rings. The Morgan fingerprint density at radius 3 is 2.48 bits per heavy atom. The van der Waals surface area contributed by atoms with E-state index in [9.17, 15) is 4.79 Å². The summed E-state index contributed by atoms with van der Waals surface area (Å²) >= 11 is 6.25. The lowest BCUT2D eigenvalue weighted by molar-refractivity contribution is 0.101. The van der Waals surface area contributed by atoms with Crippen LogP contribution >= 0.6 is 11.6 Å². The van der Waals surface area contributed by atoms with Crippen molar-refractivity contribution < 1.29 is 9.32 Å². The van der Waals surface area contributed by atoms with Crippen molar-refractivity contribution in [1.82, 2.24) is 24.7 Å². The molecule has 0 spiro atoms. The highest BCUT2D eigenvalue weighted by molar-refractivity contribution is 6.31. The number of hydrogen-bond donors (Lipinski definition) is 1. The SMILES string of the molecule is Cc1nn(Cc2c(C(=O)Nc3cc(C)n(Cc4ccccc4)n3)noc2C)c(C)c1Cl. The summed E-state index contributed by atoms with van der Waals surface area (Å²) in [6.45, 7) is 8.39. The number of aryl methyl sites for hydroxylation is 3. The van der Waals surface area contributed by atoms with Crippen LogP contribution < -0.4 is 5.32 Å². The molecule has 0 saturated carbocycles. The first-order valence-corrected chi connectivity index (χ1v) is 10.3. The number of benzene rings is 1. The van der Waals surface area contributed by atoms with E-state index in [0.717, 1.165) is 22.6 Å². The first-order chi connectivity index (χ1) is 14.8. The molecule has 9 heteroatoms. The third-order valence-electron chi connectivity index (χ3n) is 5.20. The van der Waals surface area contributed by atoms with Crippen LogP contribution in [0.3, 0.4) is 0 Å². The summed E-state index contributed by atoms with van der Waals surface area (Å²) in [5.74, 6) is 0.627. The number of carbonyl (C=O) groups excluding carboxylic acids is 1. The molecular weight excluding hydrogens is 416 g/mol. The van der Waals surface area contributed by atoms with E-state index in [-0.39, 0.29) is 11.6 Å². The Morgan fingerprint density at radius 1 is 1.06 bits per heavy atom. The Bertz CT molecular complexity index is 1240. The van der Waals surface area contributed by atoms with Gasteiger partial charge in [-0.05, 0) is 33.3 Å². The molecule has 0 bridgehead atoms. The second kappa shape index (κ2) is 8.39. The van der Waals surface area contributed by atoms with Crippen LogP contribution in [0, 0.1) is 27.7 Å². The highest BCUT2D eigenvalue weighted by Gasteiger charge is 2.23. The van der Waals surface area contributed by atoms with Crippen molar-refractivity contribution in [1.29, 1.82) is 0 Å². The van der Waals surface area contributed by atoms with E-state index >= 15 is 0 Å². The maximum absolute atomic E-state index is 12.9. The number of nitrogens with one attached hydrogen (secondary N) is 1. The van der Waals surface area contributed by atoms with Crippen LogP contribution in [0.15, 0.2) is 40.9 Å². The van der Waals surface area contributed by atoms with E-state index < -0.39 is 0 Å². The largest absolute Gasteiger partial charge is 0.361 e. The van der Waals surface area contributed by atoms with Crippen molar-refractivity contribution in [2.75, 3.05) is 5.32 Å². The average molecular weight is 439 g/mol. The monoisotopic (exact) mass is 438 g/mol. The zero-order valence-electron chi connectivity index (χ0n) is 17.8. The Kier molecular flexibility index (Phi) is 5.65. The predicted octanol–water partition coefficient (Wildman–Crippen LogP) is 4.30. The van der Waals surface area contributed by atoms with Gasteiger partial charge in [-0.3, -0.25) is 14.2 Å². The summed E-state index contributed by atoms with van der Waals surface area (Å²) in [4.78, 5) is 12.9.